The number of hydrogen-bond acceptors (Lipinski definition) is 4. The Balaban J connectivity index is 1.93. The molecule has 0 bridgehead atoms. The van der Waals surface area contributed by atoms with E-state index < -0.39 is 5.51 Å². The van der Waals surface area contributed by atoms with Crippen LogP contribution in [0.25, 0.3) is 17.1 Å². The van der Waals surface area contributed by atoms with Crippen LogP contribution in [0.5, 0.6) is 0 Å². The number of imidazole rings is 1. The standard InChI is InChI=1S/C20H20F3N3S2/c1-3-27-15(10-13-6-4-5-7-16(13)24)12-19-25-17-11-14(28-20(21,22)23)8-9-18(17)26(19)2/h4-11H,3,12,24H2,1-2H3/b15-10+. The van der Waals surface area contributed by atoms with Crippen LogP contribution >= 0.6 is 23.5 Å². The Morgan fingerprint density at radius 3 is 2.64 bits per heavy atom. The number of alkyl halides is 3. The number of aryl methyl sites for hydroxylation is 1. The van der Waals surface area contributed by atoms with Crippen LogP contribution in [-0.4, -0.2) is 20.8 Å². The summed E-state index contributed by atoms with van der Waals surface area (Å²) in [7, 11) is 1.88. The predicted octanol–water partition coefficient (Wildman–Crippen LogP) is 6.10. The number of hydrogen-bond donors (Lipinski definition) is 1. The van der Waals surface area contributed by atoms with Gasteiger partial charge in [-0.15, -0.1) is 11.8 Å². The molecule has 0 aliphatic rings. The maximum absolute atomic E-state index is 12.6. The van der Waals surface area contributed by atoms with Crippen molar-refractivity contribution in [3.8, 4) is 0 Å². The van der Waals surface area contributed by atoms with Crippen LogP contribution in [0.15, 0.2) is 52.3 Å². The zero-order valence-electron chi connectivity index (χ0n) is 15.5. The van der Waals surface area contributed by atoms with E-state index in [0.29, 0.717) is 17.6 Å². The summed E-state index contributed by atoms with van der Waals surface area (Å²) in [6, 6.07) is 12.3. The highest BCUT2D eigenvalue weighted by Crippen LogP contribution is 2.38. The summed E-state index contributed by atoms with van der Waals surface area (Å²) in [5, 5.41) is 0. The Bertz CT molecular complexity index is 1010. The van der Waals surface area contributed by atoms with Crippen LogP contribution in [0.1, 0.15) is 18.3 Å². The highest BCUT2D eigenvalue weighted by molar-refractivity contribution is 8.03. The molecule has 2 aromatic carbocycles. The minimum atomic E-state index is -4.31. The van der Waals surface area contributed by atoms with Crippen molar-refractivity contribution in [1.82, 2.24) is 9.55 Å². The number of nitrogen functional groups attached to an aromatic ring is 1. The second-order valence-corrected chi connectivity index (χ2v) is 8.66. The van der Waals surface area contributed by atoms with Gasteiger partial charge < -0.3 is 10.3 Å². The van der Waals surface area contributed by atoms with Crippen molar-refractivity contribution in [3.63, 3.8) is 0 Å². The quantitative estimate of drug-likeness (QED) is 0.384. The molecular weight excluding hydrogens is 403 g/mol. The van der Waals surface area contributed by atoms with E-state index in [0.717, 1.165) is 27.6 Å². The summed E-state index contributed by atoms with van der Waals surface area (Å²) >= 11 is 1.58. The maximum atomic E-state index is 12.6. The molecule has 0 atom stereocenters. The van der Waals surface area contributed by atoms with Crippen molar-refractivity contribution < 1.29 is 13.2 Å². The second-order valence-electron chi connectivity index (χ2n) is 6.13. The molecule has 0 unspecified atom stereocenters. The molecule has 8 heteroatoms. The molecule has 0 saturated heterocycles. The van der Waals surface area contributed by atoms with Crippen molar-refractivity contribution in [2.75, 3.05) is 11.5 Å². The molecule has 0 amide bonds. The predicted molar refractivity (Wildman–Crippen MR) is 113 cm³/mol. The molecule has 0 aliphatic carbocycles. The molecule has 1 aromatic heterocycles. The molecule has 3 nitrogen and oxygen atoms in total. The Hall–Kier alpha value is -2.06. The van der Waals surface area contributed by atoms with Crippen LogP contribution in [0, 0.1) is 0 Å². The number of para-hydroxylation sites is 1. The highest BCUT2D eigenvalue weighted by atomic mass is 32.2. The Morgan fingerprint density at radius 2 is 1.96 bits per heavy atom. The molecule has 0 saturated carbocycles. The minimum Gasteiger partial charge on any atom is -0.398 e. The first-order valence-electron chi connectivity index (χ1n) is 8.66. The molecule has 3 aromatic rings. The smallest absolute Gasteiger partial charge is 0.398 e. The number of anilines is 1. The van der Waals surface area contributed by atoms with E-state index in [1.807, 2.05) is 42.0 Å². The topological polar surface area (TPSA) is 43.8 Å². The van der Waals surface area contributed by atoms with Gasteiger partial charge in [-0.1, -0.05) is 25.1 Å². The van der Waals surface area contributed by atoms with E-state index >= 15 is 0 Å². The summed E-state index contributed by atoms with van der Waals surface area (Å²) in [5.74, 6) is 1.69. The van der Waals surface area contributed by atoms with Crippen molar-refractivity contribution in [2.45, 2.75) is 23.7 Å². The van der Waals surface area contributed by atoms with Crippen LogP contribution in [0.4, 0.5) is 18.9 Å². The van der Waals surface area contributed by atoms with Gasteiger partial charge in [-0.05, 0) is 58.3 Å². The summed E-state index contributed by atoms with van der Waals surface area (Å²) in [4.78, 5) is 5.83. The average Bonchev–Trinajstić information content (AvgIpc) is 2.91. The second kappa shape index (κ2) is 8.53. The lowest BCUT2D eigenvalue weighted by Gasteiger charge is -2.08. The van der Waals surface area contributed by atoms with E-state index in [-0.39, 0.29) is 16.7 Å². The third kappa shape index (κ3) is 5.05. The SMILES string of the molecule is CCS/C(=C/c1ccccc1N)Cc1nc2cc(SC(F)(F)F)ccc2n1C. The third-order valence-corrected chi connectivity index (χ3v) is 5.80. The van der Waals surface area contributed by atoms with Crippen LogP contribution < -0.4 is 5.73 Å². The molecule has 0 fully saturated rings. The number of nitrogens with two attached hydrogens (primary N) is 1. The fourth-order valence-electron chi connectivity index (χ4n) is 2.89. The zero-order valence-corrected chi connectivity index (χ0v) is 17.1. The lowest BCUT2D eigenvalue weighted by atomic mass is 10.1. The lowest BCUT2D eigenvalue weighted by Crippen LogP contribution is -2.00. The van der Waals surface area contributed by atoms with E-state index in [9.17, 15) is 13.2 Å². The van der Waals surface area contributed by atoms with Gasteiger partial charge in [-0.2, -0.15) is 13.2 Å². The molecule has 148 valence electrons. The number of fused-ring (bicyclic) bond motifs is 1. The number of halogens is 3. The van der Waals surface area contributed by atoms with E-state index in [1.165, 1.54) is 12.1 Å². The van der Waals surface area contributed by atoms with E-state index in [2.05, 4.69) is 11.9 Å². The molecular formula is C20H20F3N3S2. The van der Waals surface area contributed by atoms with Crippen LogP contribution in [0.2, 0.25) is 0 Å². The van der Waals surface area contributed by atoms with Crippen LogP contribution in [-0.2, 0) is 13.5 Å². The summed E-state index contributed by atoms with van der Waals surface area (Å²) < 4.78 is 39.8. The van der Waals surface area contributed by atoms with Gasteiger partial charge in [0.2, 0.25) is 0 Å². The van der Waals surface area contributed by atoms with Gasteiger partial charge in [0.1, 0.15) is 5.82 Å². The monoisotopic (exact) mass is 423 g/mol. The fraction of sp³-hybridized carbons (Fsp3) is 0.250. The van der Waals surface area contributed by atoms with Gasteiger partial charge in [0.15, 0.2) is 0 Å². The Labute approximate surface area is 170 Å². The number of benzene rings is 2. The fourth-order valence-corrected chi connectivity index (χ4v) is 4.27. The number of allylic oxidation sites excluding steroid dienone is 1. The third-order valence-electron chi connectivity index (χ3n) is 4.15. The van der Waals surface area contributed by atoms with Gasteiger partial charge in [0, 0.05) is 24.1 Å². The van der Waals surface area contributed by atoms with Gasteiger partial charge in [0.05, 0.1) is 11.0 Å². The Morgan fingerprint density at radius 1 is 1.21 bits per heavy atom. The highest BCUT2D eigenvalue weighted by Gasteiger charge is 2.29. The van der Waals surface area contributed by atoms with Gasteiger partial charge in [-0.25, -0.2) is 4.98 Å². The van der Waals surface area contributed by atoms with Crippen molar-refractivity contribution in [3.05, 3.63) is 58.8 Å². The van der Waals surface area contributed by atoms with Crippen molar-refractivity contribution >= 4 is 46.3 Å². The summed E-state index contributed by atoms with van der Waals surface area (Å²) in [5.41, 5.74) is 4.76. The number of nitrogens with zero attached hydrogens (tertiary/aromatic N) is 2. The molecule has 28 heavy (non-hydrogen) atoms. The normalized spacial score (nSPS) is 12.7. The lowest BCUT2D eigenvalue weighted by molar-refractivity contribution is -0.0328. The van der Waals surface area contributed by atoms with Gasteiger partial charge in [-0.3, -0.25) is 0 Å². The summed E-state index contributed by atoms with van der Waals surface area (Å²) in [6.45, 7) is 2.07. The number of rotatable bonds is 6. The molecule has 0 aliphatic heterocycles. The van der Waals surface area contributed by atoms with Gasteiger partial charge >= 0.3 is 5.51 Å². The molecule has 2 N–H and O–H groups in total. The molecule has 3 rings (SSSR count). The first kappa shape index (κ1) is 20.7. The first-order chi connectivity index (χ1) is 13.3. The minimum absolute atomic E-state index is 0.123. The summed E-state index contributed by atoms with van der Waals surface area (Å²) in [6.07, 6.45) is 2.63. The molecule has 0 spiro atoms. The van der Waals surface area contributed by atoms with Gasteiger partial charge in [0.25, 0.3) is 0 Å². The first-order valence-corrected chi connectivity index (χ1v) is 10.5. The Kier molecular flexibility index (Phi) is 6.30. The van der Waals surface area contributed by atoms with E-state index in [4.69, 9.17) is 5.73 Å². The van der Waals surface area contributed by atoms with Crippen molar-refractivity contribution in [2.24, 2.45) is 7.05 Å². The number of aromatic nitrogens is 2. The molecule has 1 heterocycles. The zero-order chi connectivity index (χ0) is 20.3. The van der Waals surface area contributed by atoms with Crippen molar-refractivity contribution in [1.29, 1.82) is 0 Å². The van der Waals surface area contributed by atoms with E-state index in [1.54, 1.807) is 17.8 Å². The molecule has 0 radical (unpaired) electrons. The average molecular weight is 424 g/mol. The number of thioether (sulfide) groups is 2. The maximum Gasteiger partial charge on any atom is 0.446 e. The largest absolute Gasteiger partial charge is 0.446 e. The van der Waals surface area contributed by atoms with Crippen LogP contribution in [0.3, 0.4) is 0 Å².